The molecule has 2 rings (SSSR count). The summed E-state index contributed by atoms with van der Waals surface area (Å²) >= 11 is 0. The number of hydrogen-bond donors (Lipinski definition) is 0. The SMILES string of the molecule is CCCCC1CCC(CC2CCCC2)C1. The van der Waals surface area contributed by atoms with Gasteiger partial charge in [-0.25, -0.2) is 0 Å². The van der Waals surface area contributed by atoms with E-state index in [2.05, 4.69) is 6.92 Å². The molecule has 0 aromatic heterocycles. The molecule has 0 N–H and O–H groups in total. The van der Waals surface area contributed by atoms with Crippen LogP contribution in [-0.4, -0.2) is 0 Å². The van der Waals surface area contributed by atoms with Crippen molar-refractivity contribution in [2.24, 2.45) is 17.8 Å². The molecule has 2 aliphatic carbocycles. The van der Waals surface area contributed by atoms with Crippen LogP contribution in [0, 0.1) is 17.8 Å². The van der Waals surface area contributed by atoms with E-state index >= 15 is 0 Å². The molecule has 0 heteroatoms. The lowest BCUT2D eigenvalue weighted by Crippen LogP contribution is -2.03. The molecule has 88 valence electrons. The largest absolute Gasteiger partial charge is 0.0654 e. The highest BCUT2D eigenvalue weighted by Crippen LogP contribution is 2.40. The third-order valence-electron chi connectivity index (χ3n) is 4.76. The van der Waals surface area contributed by atoms with E-state index in [1.165, 1.54) is 32.1 Å². The monoisotopic (exact) mass is 208 g/mol. The first kappa shape index (κ1) is 11.5. The highest BCUT2D eigenvalue weighted by molar-refractivity contribution is 4.79. The van der Waals surface area contributed by atoms with Crippen molar-refractivity contribution in [1.82, 2.24) is 0 Å². The second kappa shape index (κ2) is 5.92. The Morgan fingerprint density at radius 1 is 0.867 bits per heavy atom. The molecule has 0 aliphatic heterocycles. The molecule has 0 saturated heterocycles. The summed E-state index contributed by atoms with van der Waals surface area (Å²) in [6, 6.07) is 0. The van der Waals surface area contributed by atoms with Crippen LogP contribution in [0.25, 0.3) is 0 Å². The summed E-state index contributed by atoms with van der Waals surface area (Å²) < 4.78 is 0. The van der Waals surface area contributed by atoms with Crippen LogP contribution in [0.5, 0.6) is 0 Å². The average molecular weight is 208 g/mol. The Balaban J connectivity index is 1.63. The van der Waals surface area contributed by atoms with Crippen LogP contribution >= 0.6 is 0 Å². The lowest BCUT2D eigenvalue weighted by atomic mass is 9.91. The molecule has 2 unspecified atom stereocenters. The van der Waals surface area contributed by atoms with Gasteiger partial charge in [-0.2, -0.15) is 0 Å². The van der Waals surface area contributed by atoms with Gasteiger partial charge in [0.25, 0.3) is 0 Å². The van der Waals surface area contributed by atoms with Crippen molar-refractivity contribution < 1.29 is 0 Å². The fourth-order valence-corrected chi connectivity index (χ4v) is 3.87. The molecule has 0 bridgehead atoms. The Bertz CT molecular complexity index is 167. The van der Waals surface area contributed by atoms with E-state index in [0.717, 1.165) is 17.8 Å². The Kier molecular flexibility index (Phi) is 4.53. The van der Waals surface area contributed by atoms with Gasteiger partial charge in [0, 0.05) is 0 Å². The summed E-state index contributed by atoms with van der Waals surface area (Å²) in [6.45, 7) is 2.32. The topological polar surface area (TPSA) is 0 Å². The molecule has 2 atom stereocenters. The molecule has 0 radical (unpaired) electrons. The highest BCUT2D eigenvalue weighted by Gasteiger charge is 2.27. The fourth-order valence-electron chi connectivity index (χ4n) is 3.87. The zero-order chi connectivity index (χ0) is 10.5. The lowest BCUT2D eigenvalue weighted by Gasteiger charge is -2.15. The zero-order valence-electron chi connectivity index (χ0n) is 10.5. The van der Waals surface area contributed by atoms with Crippen LogP contribution < -0.4 is 0 Å². The maximum atomic E-state index is 2.32. The highest BCUT2D eigenvalue weighted by atomic mass is 14.3. The summed E-state index contributed by atoms with van der Waals surface area (Å²) in [5.74, 6) is 3.35. The molecule has 15 heavy (non-hydrogen) atoms. The third kappa shape index (κ3) is 3.50. The first-order chi connectivity index (χ1) is 7.38. The minimum atomic E-state index is 1.11. The van der Waals surface area contributed by atoms with Crippen LogP contribution in [0.3, 0.4) is 0 Å². The van der Waals surface area contributed by atoms with Gasteiger partial charge in [0.1, 0.15) is 0 Å². The van der Waals surface area contributed by atoms with E-state index in [0.29, 0.717) is 0 Å². The Labute approximate surface area is 95.8 Å². The molecule has 0 spiro atoms. The van der Waals surface area contributed by atoms with E-state index < -0.39 is 0 Å². The van der Waals surface area contributed by atoms with E-state index in [4.69, 9.17) is 0 Å². The number of hydrogen-bond acceptors (Lipinski definition) is 0. The van der Waals surface area contributed by atoms with Crippen LogP contribution in [0.15, 0.2) is 0 Å². The summed E-state index contributed by atoms with van der Waals surface area (Å²) in [5, 5.41) is 0. The molecule has 2 fully saturated rings. The van der Waals surface area contributed by atoms with Gasteiger partial charge < -0.3 is 0 Å². The van der Waals surface area contributed by atoms with Gasteiger partial charge in [0.2, 0.25) is 0 Å². The molecule has 2 saturated carbocycles. The van der Waals surface area contributed by atoms with Gasteiger partial charge in [0.15, 0.2) is 0 Å². The minimum absolute atomic E-state index is 1.11. The van der Waals surface area contributed by atoms with Gasteiger partial charge in [-0.3, -0.25) is 0 Å². The summed E-state index contributed by atoms with van der Waals surface area (Å²) in [6.07, 6.45) is 16.8. The van der Waals surface area contributed by atoms with Crippen molar-refractivity contribution in [2.75, 3.05) is 0 Å². The molecule has 0 amide bonds. The Hall–Kier alpha value is 0. The van der Waals surface area contributed by atoms with Gasteiger partial charge in [-0.1, -0.05) is 64.7 Å². The summed E-state index contributed by atoms with van der Waals surface area (Å²) in [5.41, 5.74) is 0. The quantitative estimate of drug-likeness (QED) is 0.584. The van der Waals surface area contributed by atoms with Gasteiger partial charge in [-0.05, 0) is 30.6 Å². The van der Waals surface area contributed by atoms with Crippen LogP contribution in [0.4, 0.5) is 0 Å². The van der Waals surface area contributed by atoms with Crippen molar-refractivity contribution in [2.45, 2.75) is 77.6 Å². The first-order valence-corrected chi connectivity index (χ1v) is 7.38. The van der Waals surface area contributed by atoms with Crippen LogP contribution in [0.1, 0.15) is 77.6 Å². The van der Waals surface area contributed by atoms with Crippen molar-refractivity contribution in [3.8, 4) is 0 Å². The van der Waals surface area contributed by atoms with Gasteiger partial charge in [-0.15, -0.1) is 0 Å². The van der Waals surface area contributed by atoms with Crippen molar-refractivity contribution in [3.05, 3.63) is 0 Å². The molecule has 0 heterocycles. The lowest BCUT2D eigenvalue weighted by molar-refractivity contribution is 0.364. The zero-order valence-corrected chi connectivity index (χ0v) is 10.5. The maximum absolute atomic E-state index is 2.32. The second-order valence-electron chi connectivity index (χ2n) is 6.07. The van der Waals surface area contributed by atoms with Gasteiger partial charge in [0.05, 0.1) is 0 Å². The van der Waals surface area contributed by atoms with Gasteiger partial charge >= 0.3 is 0 Å². The standard InChI is InChI=1S/C15H28/c1-2-3-6-14-9-10-15(12-14)11-13-7-4-5-8-13/h13-15H,2-12H2,1H3. The molecular formula is C15H28. The van der Waals surface area contributed by atoms with E-state index in [1.807, 2.05) is 0 Å². The van der Waals surface area contributed by atoms with Crippen LogP contribution in [0.2, 0.25) is 0 Å². The fraction of sp³-hybridized carbons (Fsp3) is 1.00. The average Bonchev–Trinajstić information content (AvgIpc) is 2.87. The predicted octanol–water partition coefficient (Wildman–Crippen LogP) is 5.17. The molecule has 0 nitrogen and oxygen atoms in total. The minimum Gasteiger partial charge on any atom is -0.0654 e. The van der Waals surface area contributed by atoms with Crippen LogP contribution in [-0.2, 0) is 0 Å². The normalized spacial score (nSPS) is 32.6. The van der Waals surface area contributed by atoms with Crippen molar-refractivity contribution in [1.29, 1.82) is 0 Å². The van der Waals surface area contributed by atoms with Crippen molar-refractivity contribution in [3.63, 3.8) is 0 Å². The Morgan fingerprint density at radius 3 is 2.33 bits per heavy atom. The second-order valence-corrected chi connectivity index (χ2v) is 6.07. The molecule has 2 aliphatic rings. The summed E-state index contributed by atoms with van der Waals surface area (Å²) in [7, 11) is 0. The predicted molar refractivity (Wildman–Crippen MR) is 66.9 cm³/mol. The van der Waals surface area contributed by atoms with E-state index in [-0.39, 0.29) is 0 Å². The number of rotatable bonds is 5. The van der Waals surface area contributed by atoms with E-state index in [9.17, 15) is 0 Å². The molecular weight excluding hydrogens is 180 g/mol. The Morgan fingerprint density at radius 2 is 1.60 bits per heavy atom. The summed E-state index contributed by atoms with van der Waals surface area (Å²) in [4.78, 5) is 0. The maximum Gasteiger partial charge on any atom is -0.0409 e. The first-order valence-electron chi connectivity index (χ1n) is 7.38. The molecule has 0 aromatic rings. The van der Waals surface area contributed by atoms with Crippen molar-refractivity contribution >= 4 is 0 Å². The number of unbranched alkanes of at least 4 members (excludes halogenated alkanes) is 1. The molecule has 0 aromatic carbocycles. The van der Waals surface area contributed by atoms with E-state index in [1.54, 1.807) is 38.5 Å². The smallest absolute Gasteiger partial charge is 0.0409 e. The third-order valence-corrected chi connectivity index (χ3v) is 4.76.